The van der Waals surface area contributed by atoms with Gasteiger partial charge in [0.1, 0.15) is 10.6 Å². The van der Waals surface area contributed by atoms with E-state index in [1.54, 1.807) is 17.8 Å². The van der Waals surface area contributed by atoms with E-state index in [-0.39, 0.29) is 10.6 Å². The van der Waals surface area contributed by atoms with Crippen molar-refractivity contribution in [3.63, 3.8) is 0 Å². The van der Waals surface area contributed by atoms with Crippen molar-refractivity contribution >= 4 is 17.7 Å². The molecule has 148 valence electrons. The van der Waals surface area contributed by atoms with Crippen molar-refractivity contribution in [2.75, 3.05) is 19.3 Å². The lowest BCUT2D eigenvalue weighted by Gasteiger charge is -2.37. The minimum atomic E-state index is -5.08. The molecule has 2 N–H and O–H groups in total. The highest BCUT2D eigenvalue weighted by molar-refractivity contribution is 7.99. The van der Waals surface area contributed by atoms with Crippen LogP contribution < -0.4 is 5.32 Å². The van der Waals surface area contributed by atoms with E-state index < -0.39 is 12.1 Å². The highest BCUT2D eigenvalue weighted by atomic mass is 32.2. The van der Waals surface area contributed by atoms with Crippen molar-refractivity contribution in [1.29, 1.82) is 0 Å². The van der Waals surface area contributed by atoms with Crippen LogP contribution in [-0.4, -0.2) is 46.7 Å². The molecule has 0 atom stereocenters. The molecular formula is C16H17F4N3O3S. The number of carboxylic acid groups (broad SMARTS) is 1. The topological polar surface area (TPSA) is 88.3 Å². The summed E-state index contributed by atoms with van der Waals surface area (Å²) in [6.07, 6.45) is -2.69. The number of halogens is 4. The maximum Gasteiger partial charge on any atom is 0.490 e. The largest absolute Gasteiger partial charge is 0.490 e. The van der Waals surface area contributed by atoms with Crippen molar-refractivity contribution in [2.45, 2.75) is 24.3 Å². The van der Waals surface area contributed by atoms with Gasteiger partial charge in [-0.05, 0) is 24.8 Å². The molecule has 0 amide bonds. The van der Waals surface area contributed by atoms with Crippen molar-refractivity contribution < 1.29 is 32.0 Å². The molecule has 0 unspecified atom stereocenters. The molecule has 0 spiro atoms. The Labute approximate surface area is 156 Å². The highest BCUT2D eigenvalue weighted by Gasteiger charge is 2.43. The van der Waals surface area contributed by atoms with Gasteiger partial charge < -0.3 is 14.9 Å². The van der Waals surface area contributed by atoms with Crippen LogP contribution in [0, 0.1) is 12.7 Å². The Morgan fingerprint density at radius 2 is 2.04 bits per heavy atom. The Kier molecular flexibility index (Phi) is 6.47. The van der Waals surface area contributed by atoms with Gasteiger partial charge in [0.15, 0.2) is 5.82 Å². The lowest BCUT2D eigenvalue weighted by atomic mass is 10.0. The molecule has 2 aromatic rings. The molecule has 3 rings (SSSR count). The lowest BCUT2D eigenvalue weighted by Crippen LogP contribution is -2.54. The van der Waals surface area contributed by atoms with Gasteiger partial charge in [0, 0.05) is 19.5 Å². The molecule has 1 fully saturated rings. The van der Waals surface area contributed by atoms with Crippen LogP contribution in [0.25, 0.3) is 0 Å². The van der Waals surface area contributed by atoms with Gasteiger partial charge in [-0.2, -0.15) is 18.2 Å². The van der Waals surface area contributed by atoms with Gasteiger partial charge in [-0.15, -0.1) is 11.8 Å². The second-order valence-corrected chi connectivity index (χ2v) is 7.08. The third kappa shape index (κ3) is 5.19. The third-order valence-corrected chi connectivity index (χ3v) is 5.11. The number of aryl methyl sites for hydroxylation is 1. The molecule has 0 radical (unpaired) electrons. The monoisotopic (exact) mass is 407 g/mol. The maximum atomic E-state index is 13.7. The molecular weight excluding hydrogens is 390 g/mol. The first-order valence-corrected chi connectivity index (χ1v) is 8.94. The number of hydrogen-bond donors (Lipinski definition) is 2. The zero-order valence-electron chi connectivity index (χ0n) is 14.4. The van der Waals surface area contributed by atoms with E-state index in [4.69, 9.17) is 14.4 Å². The van der Waals surface area contributed by atoms with Gasteiger partial charge in [0.25, 0.3) is 0 Å². The number of hydrogen-bond acceptors (Lipinski definition) is 6. The number of carboxylic acids is 1. The van der Waals surface area contributed by atoms with Gasteiger partial charge in [-0.25, -0.2) is 9.18 Å². The van der Waals surface area contributed by atoms with E-state index in [0.717, 1.165) is 18.7 Å². The standard InChI is InChI=1S/C14H16FN3OS.C2HF3O2/c1-9-3-4-11(15)10(5-9)6-12-17-13(19-18-12)14(20-2)7-16-8-14;3-2(4,5)1(6)7/h3-5,16H,6-8H2,1-2H3;(H,6,7). The SMILES string of the molecule is CSC1(c2nc(Cc3cc(C)ccc3F)no2)CNC1.O=C(O)C(F)(F)F. The van der Waals surface area contributed by atoms with Crippen LogP contribution in [0.3, 0.4) is 0 Å². The zero-order chi connectivity index (χ0) is 20.2. The molecule has 0 saturated carbocycles. The van der Waals surface area contributed by atoms with Gasteiger partial charge in [-0.1, -0.05) is 22.9 Å². The van der Waals surface area contributed by atoms with Crippen LogP contribution in [0.4, 0.5) is 17.6 Å². The second kappa shape index (κ2) is 8.26. The Bertz CT molecular complexity index is 801. The molecule has 1 saturated heterocycles. The normalized spacial score (nSPS) is 15.5. The van der Waals surface area contributed by atoms with Gasteiger partial charge >= 0.3 is 12.1 Å². The molecule has 1 aliphatic rings. The predicted octanol–water partition coefficient (Wildman–Crippen LogP) is 2.90. The van der Waals surface area contributed by atoms with E-state index in [2.05, 4.69) is 15.5 Å². The van der Waals surface area contributed by atoms with Gasteiger partial charge in [0.05, 0.1) is 0 Å². The lowest BCUT2D eigenvalue weighted by molar-refractivity contribution is -0.192. The van der Waals surface area contributed by atoms with E-state index >= 15 is 0 Å². The zero-order valence-corrected chi connectivity index (χ0v) is 15.2. The second-order valence-electron chi connectivity index (χ2n) is 5.89. The van der Waals surface area contributed by atoms with E-state index in [1.165, 1.54) is 6.07 Å². The van der Waals surface area contributed by atoms with E-state index in [9.17, 15) is 17.6 Å². The fourth-order valence-electron chi connectivity index (χ4n) is 2.26. The van der Waals surface area contributed by atoms with Crippen molar-refractivity contribution in [3.05, 3.63) is 46.9 Å². The van der Waals surface area contributed by atoms with Crippen LogP contribution in [0.5, 0.6) is 0 Å². The van der Waals surface area contributed by atoms with Crippen LogP contribution in [-0.2, 0) is 16.0 Å². The quantitative estimate of drug-likeness (QED) is 0.754. The Balaban J connectivity index is 0.000000321. The van der Waals surface area contributed by atoms with Crippen molar-refractivity contribution in [3.8, 4) is 0 Å². The molecule has 1 aliphatic heterocycles. The van der Waals surface area contributed by atoms with E-state index in [0.29, 0.717) is 23.7 Å². The molecule has 6 nitrogen and oxygen atoms in total. The molecule has 0 aliphatic carbocycles. The Morgan fingerprint density at radius 1 is 1.41 bits per heavy atom. The van der Waals surface area contributed by atoms with Crippen LogP contribution in [0.2, 0.25) is 0 Å². The number of carbonyl (C=O) groups is 1. The number of alkyl halides is 3. The Hall–Kier alpha value is -2.14. The van der Waals surface area contributed by atoms with Crippen LogP contribution >= 0.6 is 11.8 Å². The number of benzene rings is 1. The number of nitrogens with zero attached hydrogens (tertiary/aromatic N) is 2. The first-order chi connectivity index (χ1) is 12.6. The summed E-state index contributed by atoms with van der Waals surface area (Å²) in [5.74, 6) is -1.82. The molecule has 0 bridgehead atoms. The summed E-state index contributed by atoms with van der Waals surface area (Å²) in [7, 11) is 0. The first-order valence-electron chi connectivity index (χ1n) is 7.71. The molecule has 27 heavy (non-hydrogen) atoms. The molecule has 1 aromatic heterocycles. The summed E-state index contributed by atoms with van der Waals surface area (Å²) in [6.45, 7) is 3.59. The van der Waals surface area contributed by atoms with Crippen molar-refractivity contribution in [1.82, 2.24) is 15.5 Å². The number of aliphatic carboxylic acids is 1. The fourth-order valence-corrected chi connectivity index (χ4v) is 3.01. The minimum Gasteiger partial charge on any atom is -0.475 e. The number of thioether (sulfide) groups is 1. The van der Waals surface area contributed by atoms with Crippen LogP contribution in [0.1, 0.15) is 22.8 Å². The van der Waals surface area contributed by atoms with Gasteiger partial charge in [-0.3, -0.25) is 0 Å². The van der Waals surface area contributed by atoms with Crippen molar-refractivity contribution in [2.24, 2.45) is 0 Å². The number of aromatic nitrogens is 2. The molecule has 1 aromatic carbocycles. The highest BCUT2D eigenvalue weighted by Crippen LogP contribution is 2.37. The smallest absolute Gasteiger partial charge is 0.475 e. The molecule has 2 heterocycles. The van der Waals surface area contributed by atoms with E-state index in [1.807, 2.05) is 19.2 Å². The predicted molar refractivity (Wildman–Crippen MR) is 90.0 cm³/mol. The minimum absolute atomic E-state index is 0.115. The average molecular weight is 407 g/mol. The Morgan fingerprint density at radius 3 is 2.52 bits per heavy atom. The third-order valence-electron chi connectivity index (χ3n) is 3.86. The number of nitrogens with one attached hydrogen (secondary N) is 1. The summed E-state index contributed by atoms with van der Waals surface area (Å²) < 4.78 is 50.7. The summed E-state index contributed by atoms with van der Waals surface area (Å²) in [5.41, 5.74) is 1.62. The average Bonchev–Trinajstić information content (AvgIpc) is 2.99. The number of rotatable bonds is 4. The summed E-state index contributed by atoms with van der Waals surface area (Å²) in [5, 5.41) is 14.3. The van der Waals surface area contributed by atoms with Gasteiger partial charge in [0.2, 0.25) is 5.89 Å². The fraction of sp³-hybridized carbons (Fsp3) is 0.438. The maximum absolute atomic E-state index is 13.7. The molecule has 11 heteroatoms. The first kappa shape index (κ1) is 21.2. The summed E-state index contributed by atoms with van der Waals surface area (Å²) in [6, 6.07) is 5.05. The van der Waals surface area contributed by atoms with Crippen LogP contribution in [0.15, 0.2) is 22.7 Å². The summed E-state index contributed by atoms with van der Waals surface area (Å²) >= 11 is 1.70. The summed E-state index contributed by atoms with van der Waals surface area (Å²) in [4.78, 5) is 13.3.